The number of nitrogens with zero attached hydrogens (tertiary/aromatic N) is 2. The summed E-state index contributed by atoms with van der Waals surface area (Å²) in [7, 11) is 0. The van der Waals surface area contributed by atoms with Crippen LogP contribution < -0.4 is 5.32 Å². The highest BCUT2D eigenvalue weighted by molar-refractivity contribution is 5.29. The van der Waals surface area contributed by atoms with E-state index in [2.05, 4.69) is 35.0 Å². The molecular formula is C15H23N3O. The molecule has 1 N–H and O–H groups in total. The molecule has 2 rings (SSSR count). The van der Waals surface area contributed by atoms with E-state index in [-0.39, 0.29) is 6.04 Å². The van der Waals surface area contributed by atoms with Gasteiger partial charge in [0.1, 0.15) is 5.76 Å². The van der Waals surface area contributed by atoms with E-state index in [1.54, 1.807) is 6.26 Å². The summed E-state index contributed by atoms with van der Waals surface area (Å²) in [5, 5.41) is 8.01. The Kier molecular flexibility index (Phi) is 4.80. The van der Waals surface area contributed by atoms with Crippen LogP contribution in [0.2, 0.25) is 0 Å². The van der Waals surface area contributed by atoms with Crippen LogP contribution in [0.1, 0.15) is 49.7 Å². The minimum Gasteiger partial charge on any atom is -0.469 e. The van der Waals surface area contributed by atoms with Gasteiger partial charge in [0.25, 0.3) is 0 Å². The van der Waals surface area contributed by atoms with E-state index in [4.69, 9.17) is 4.42 Å². The summed E-state index contributed by atoms with van der Waals surface area (Å²) in [5.74, 6) is 0.970. The fourth-order valence-corrected chi connectivity index (χ4v) is 2.34. The van der Waals surface area contributed by atoms with Crippen molar-refractivity contribution in [2.24, 2.45) is 0 Å². The van der Waals surface area contributed by atoms with Crippen LogP contribution in [0.5, 0.6) is 0 Å². The first-order valence-electron chi connectivity index (χ1n) is 7.07. The Morgan fingerprint density at radius 1 is 1.32 bits per heavy atom. The summed E-state index contributed by atoms with van der Waals surface area (Å²) in [5.41, 5.74) is 2.41. The second kappa shape index (κ2) is 6.57. The van der Waals surface area contributed by atoms with Gasteiger partial charge in [0, 0.05) is 18.3 Å². The highest BCUT2D eigenvalue weighted by Gasteiger charge is 2.20. The van der Waals surface area contributed by atoms with Crippen LogP contribution in [0.15, 0.2) is 29.0 Å². The van der Waals surface area contributed by atoms with Crippen LogP contribution in [-0.4, -0.2) is 16.3 Å². The van der Waals surface area contributed by atoms with Crippen molar-refractivity contribution in [1.82, 2.24) is 15.1 Å². The van der Waals surface area contributed by atoms with Gasteiger partial charge >= 0.3 is 0 Å². The molecule has 2 aromatic rings. The van der Waals surface area contributed by atoms with Gasteiger partial charge < -0.3 is 9.73 Å². The van der Waals surface area contributed by atoms with Crippen molar-refractivity contribution < 1.29 is 4.42 Å². The van der Waals surface area contributed by atoms with Gasteiger partial charge in [0.15, 0.2) is 0 Å². The quantitative estimate of drug-likeness (QED) is 0.831. The van der Waals surface area contributed by atoms with Gasteiger partial charge in [-0.1, -0.05) is 13.8 Å². The highest BCUT2D eigenvalue weighted by Crippen LogP contribution is 2.25. The van der Waals surface area contributed by atoms with Crippen molar-refractivity contribution in [3.05, 3.63) is 41.6 Å². The van der Waals surface area contributed by atoms with Crippen LogP contribution in [0.4, 0.5) is 0 Å². The molecule has 0 saturated heterocycles. The number of hydrogen-bond acceptors (Lipinski definition) is 3. The molecule has 2 aromatic heterocycles. The van der Waals surface area contributed by atoms with Crippen molar-refractivity contribution in [2.75, 3.05) is 6.54 Å². The molecule has 4 heteroatoms. The Morgan fingerprint density at radius 2 is 2.16 bits per heavy atom. The van der Waals surface area contributed by atoms with E-state index in [0.717, 1.165) is 31.7 Å². The molecule has 0 amide bonds. The third-order valence-corrected chi connectivity index (χ3v) is 3.29. The molecule has 2 heterocycles. The Hall–Kier alpha value is -1.55. The van der Waals surface area contributed by atoms with Gasteiger partial charge in [-0.25, -0.2) is 0 Å². The van der Waals surface area contributed by atoms with Crippen molar-refractivity contribution in [2.45, 2.75) is 46.2 Å². The van der Waals surface area contributed by atoms with Gasteiger partial charge in [0.2, 0.25) is 0 Å². The molecule has 1 unspecified atom stereocenters. The summed E-state index contributed by atoms with van der Waals surface area (Å²) in [4.78, 5) is 0. The molecule has 19 heavy (non-hydrogen) atoms. The maximum Gasteiger partial charge on any atom is 0.105 e. The maximum atomic E-state index is 5.45. The number of hydrogen-bond donors (Lipinski definition) is 1. The van der Waals surface area contributed by atoms with E-state index in [9.17, 15) is 0 Å². The summed E-state index contributed by atoms with van der Waals surface area (Å²) >= 11 is 0. The molecule has 0 bridgehead atoms. The maximum absolute atomic E-state index is 5.45. The van der Waals surface area contributed by atoms with Gasteiger partial charge in [0.05, 0.1) is 18.0 Å². The summed E-state index contributed by atoms with van der Waals surface area (Å²) < 4.78 is 7.54. The number of aryl methyl sites for hydroxylation is 2. The second-order valence-electron chi connectivity index (χ2n) is 4.80. The fraction of sp³-hybridized carbons (Fsp3) is 0.533. The van der Waals surface area contributed by atoms with Gasteiger partial charge in [-0.05, 0) is 38.4 Å². The monoisotopic (exact) mass is 261 g/mol. The van der Waals surface area contributed by atoms with Gasteiger partial charge in [-0.2, -0.15) is 5.10 Å². The number of furan rings is 1. The lowest BCUT2D eigenvalue weighted by Crippen LogP contribution is -2.26. The average Bonchev–Trinajstić information content (AvgIpc) is 3.01. The molecule has 0 saturated carbocycles. The Balaban J connectivity index is 2.31. The summed E-state index contributed by atoms with van der Waals surface area (Å²) in [6.07, 6.45) is 5.82. The van der Waals surface area contributed by atoms with Crippen molar-refractivity contribution in [3.8, 4) is 0 Å². The van der Waals surface area contributed by atoms with Crippen LogP contribution in [0.3, 0.4) is 0 Å². The number of nitrogens with one attached hydrogen (secondary N) is 1. The van der Waals surface area contributed by atoms with E-state index in [0.29, 0.717) is 0 Å². The summed E-state index contributed by atoms with van der Waals surface area (Å²) in [6.45, 7) is 8.28. The minimum absolute atomic E-state index is 0.160. The smallest absolute Gasteiger partial charge is 0.105 e. The van der Waals surface area contributed by atoms with E-state index in [1.165, 1.54) is 11.3 Å². The molecule has 0 aliphatic rings. The van der Waals surface area contributed by atoms with Crippen LogP contribution in [0.25, 0.3) is 0 Å². The molecule has 0 fully saturated rings. The first-order valence-corrected chi connectivity index (χ1v) is 7.07. The molecule has 4 nitrogen and oxygen atoms in total. The van der Waals surface area contributed by atoms with Crippen molar-refractivity contribution >= 4 is 0 Å². The average molecular weight is 261 g/mol. The zero-order valence-corrected chi connectivity index (χ0v) is 12.0. The standard InChI is InChI=1S/C15H23N3O/c1-4-8-16-15(13-7-11-19-12(13)3)14-6-9-17-18(14)10-5-2/h6-7,9,11,15-16H,4-5,8,10H2,1-3H3. The molecule has 104 valence electrons. The van der Waals surface area contributed by atoms with Crippen LogP contribution >= 0.6 is 0 Å². The Labute approximate surface area is 114 Å². The van der Waals surface area contributed by atoms with Crippen LogP contribution in [-0.2, 0) is 6.54 Å². The Bertz CT molecular complexity index is 501. The zero-order valence-electron chi connectivity index (χ0n) is 12.0. The molecule has 0 aliphatic carbocycles. The molecule has 0 radical (unpaired) electrons. The van der Waals surface area contributed by atoms with Crippen molar-refractivity contribution in [3.63, 3.8) is 0 Å². The lowest BCUT2D eigenvalue weighted by Gasteiger charge is -2.19. The molecule has 0 aliphatic heterocycles. The SMILES string of the molecule is CCCNC(c1ccoc1C)c1ccnn1CCC. The topological polar surface area (TPSA) is 43.0 Å². The predicted molar refractivity (Wildman–Crippen MR) is 76.1 cm³/mol. The van der Waals surface area contributed by atoms with E-state index >= 15 is 0 Å². The molecule has 1 atom stereocenters. The molecule has 0 aromatic carbocycles. The normalized spacial score (nSPS) is 12.8. The first kappa shape index (κ1) is 13.9. The van der Waals surface area contributed by atoms with E-state index < -0.39 is 0 Å². The third kappa shape index (κ3) is 3.07. The number of aromatic nitrogens is 2. The van der Waals surface area contributed by atoms with Crippen LogP contribution in [0, 0.1) is 6.92 Å². The minimum atomic E-state index is 0.160. The largest absolute Gasteiger partial charge is 0.469 e. The molecule has 0 spiro atoms. The highest BCUT2D eigenvalue weighted by atomic mass is 16.3. The lowest BCUT2D eigenvalue weighted by atomic mass is 10.0. The van der Waals surface area contributed by atoms with E-state index in [1.807, 2.05) is 19.2 Å². The Morgan fingerprint density at radius 3 is 2.79 bits per heavy atom. The summed E-state index contributed by atoms with van der Waals surface area (Å²) in [6, 6.07) is 4.30. The molecular weight excluding hydrogens is 238 g/mol. The zero-order chi connectivity index (χ0) is 13.7. The fourth-order valence-electron chi connectivity index (χ4n) is 2.34. The number of rotatable bonds is 7. The lowest BCUT2D eigenvalue weighted by molar-refractivity contribution is 0.492. The third-order valence-electron chi connectivity index (χ3n) is 3.29. The van der Waals surface area contributed by atoms with Gasteiger partial charge in [-0.3, -0.25) is 4.68 Å². The van der Waals surface area contributed by atoms with Crippen molar-refractivity contribution in [1.29, 1.82) is 0 Å². The predicted octanol–water partition coefficient (Wildman–Crippen LogP) is 3.28. The first-order chi connectivity index (χ1) is 9.27. The second-order valence-corrected chi connectivity index (χ2v) is 4.80. The van der Waals surface area contributed by atoms with Gasteiger partial charge in [-0.15, -0.1) is 0 Å².